The first-order chi connectivity index (χ1) is 9.99. The Bertz CT molecular complexity index is 591. The van der Waals surface area contributed by atoms with E-state index < -0.39 is 10.0 Å². The van der Waals surface area contributed by atoms with Gasteiger partial charge in [0.25, 0.3) is 0 Å². The van der Waals surface area contributed by atoms with Crippen molar-refractivity contribution in [3.05, 3.63) is 29.8 Å². The van der Waals surface area contributed by atoms with Crippen LogP contribution in [0.1, 0.15) is 43.0 Å². The molecular formula is C15H21NO4S. The normalized spacial score (nSPS) is 16.2. The SMILES string of the molecule is CC(=O)c1cccc(S(=O)(=O)NCCOC2CCCC2)c1. The molecule has 6 heteroatoms. The van der Waals surface area contributed by atoms with Gasteiger partial charge in [0.15, 0.2) is 5.78 Å². The van der Waals surface area contributed by atoms with Crippen LogP contribution < -0.4 is 4.72 Å². The summed E-state index contributed by atoms with van der Waals surface area (Å²) in [5.74, 6) is -0.156. The predicted molar refractivity (Wildman–Crippen MR) is 79.8 cm³/mol. The van der Waals surface area contributed by atoms with Crippen LogP contribution >= 0.6 is 0 Å². The molecule has 1 aromatic rings. The Hall–Kier alpha value is -1.24. The van der Waals surface area contributed by atoms with E-state index in [0.717, 1.165) is 12.8 Å². The zero-order chi connectivity index (χ0) is 15.3. The lowest BCUT2D eigenvalue weighted by atomic mass is 10.2. The maximum atomic E-state index is 12.1. The van der Waals surface area contributed by atoms with Gasteiger partial charge in [-0.05, 0) is 31.9 Å². The van der Waals surface area contributed by atoms with E-state index >= 15 is 0 Å². The fourth-order valence-corrected chi connectivity index (χ4v) is 3.48. The van der Waals surface area contributed by atoms with Crippen molar-refractivity contribution in [2.24, 2.45) is 0 Å². The number of hydrogen-bond acceptors (Lipinski definition) is 4. The Morgan fingerprint density at radius 1 is 1.33 bits per heavy atom. The van der Waals surface area contributed by atoms with E-state index in [1.807, 2.05) is 0 Å². The highest BCUT2D eigenvalue weighted by Gasteiger charge is 2.17. The van der Waals surface area contributed by atoms with Crippen molar-refractivity contribution in [2.75, 3.05) is 13.2 Å². The summed E-state index contributed by atoms with van der Waals surface area (Å²) in [6.07, 6.45) is 4.78. The maximum absolute atomic E-state index is 12.1. The molecule has 1 aliphatic rings. The van der Waals surface area contributed by atoms with E-state index in [1.165, 1.54) is 31.9 Å². The number of ketones is 1. The largest absolute Gasteiger partial charge is 0.377 e. The molecule has 116 valence electrons. The quantitative estimate of drug-likeness (QED) is 0.618. The molecule has 0 unspecified atom stereocenters. The topological polar surface area (TPSA) is 72.5 Å². The van der Waals surface area contributed by atoms with Gasteiger partial charge in [0, 0.05) is 12.1 Å². The van der Waals surface area contributed by atoms with Crippen LogP contribution in [0.4, 0.5) is 0 Å². The van der Waals surface area contributed by atoms with Gasteiger partial charge < -0.3 is 4.74 Å². The molecule has 0 heterocycles. The van der Waals surface area contributed by atoms with Gasteiger partial charge in [0.05, 0.1) is 17.6 Å². The second-order valence-electron chi connectivity index (χ2n) is 5.26. The van der Waals surface area contributed by atoms with Crippen LogP contribution in [-0.4, -0.2) is 33.5 Å². The molecule has 0 amide bonds. The summed E-state index contributed by atoms with van der Waals surface area (Å²) >= 11 is 0. The Morgan fingerprint density at radius 2 is 2.05 bits per heavy atom. The van der Waals surface area contributed by atoms with Gasteiger partial charge in [-0.25, -0.2) is 13.1 Å². The molecule has 2 rings (SSSR count). The van der Waals surface area contributed by atoms with Crippen molar-refractivity contribution in [3.63, 3.8) is 0 Å². The predicted octanol–water partition coefficient (Wildman–Crippen LogP) is 2.13. The van der Waals surface area contributed by atoms with Crippen LogP contribution in [0.5, 0.6) is 0 Å². The lowest BCUT2D eigenvalue weighted by molar-refractivity contribution is 0.0626. The van der Waals surface area contributed by atoms with E-state index in [1.54, 1.807) is 12.1 Å². The number of hydrogen-bond donors (Lipinski definition) is 1. The van der Waals surface area contributed by atoms with E-state index in [4.69, 9.17) is 4.74 Å². The number of benzene rings is 1. The lowest BCUT2D eigenvalue weighted by Gasteiger charge is -2.12. The molecule has 21 heavy (non-hydrogen) atoms. The molecule has 0 spiro atoms. The molecule has 1 fully saturated rings. The van der Waals surface area contributed by atoms with Gasteiger partial charge in [0.2, 0.25) is 10.0 Å². The molecule has 1 aromatic carbocycles. The van der Waals surface area contributed by atoms with Crippen molar-refractivity contribution < 1.29 is 17.9 Å². The fraction of sp³-hybridized carbons (Fsp3) is 0.533. The highest BCUT2D eigenvalue weighted by atomic mass is 32.2. The minimum Gasteiger partial charge on any atom is -0.377 e. The minimum absolute atomic E-state index is 0.107. The van der Waals surface area contributed by atoms with Crippen molar-refractivity contribution in [1.29, 1.82) is 0 Å². The first-order valence-electron chi connectivity index (χ1n) is 7.21. The standard InChI is InChI=1S/C15H21NO4S/c1-12(17)13-5-4-8-15(11-13)21(18,19)16-9-10-20-14-6-2-3-7-14/h4-5,8,11,14,16H,2-3,6-7,9-10H2,1H3. The lowest BCUT2D eigenvalue weighted by Crippen LogP contribution is -2.28. The van der Waals surface area contributed by atoms with E-state index in [-0.39, 0.29) is 23.3 Å². The molecule has 5 nitrogen and oxygen atoms in total. The number of rotatable bonds is 7. The molecular weight excluding hydrogens is 290 g/mol. The summed E-state index contributed by atoms with van der Waals surface area (Å²) in [5, 5.41) is 0. The Kier molecular flexibility index (Phi) is 5.50. The van der Waals surface area contributed by atoms with Gasteiger partial charge in [0.1, 0.15) is 0 Å². The summed E-state index contributed by atoms with van der Waals surface area (Å²) in [4.78, 5) is 11.4. The number of carbonyl (C=O) groups is 1. The number of carbonyl (C=O) groups excluding carboxylic acids is 1. The number of ether oxygens (including phenoxy) is 1. The highest BCUT2D eigenvalue weighted by molar-refractivity contribution is 7.89. The van der Waals surface area contributed by atoms with Crippen molar-refractivity contribution in [3.8, 4) is 0 Å². The minimum atomic E-state index is -3.59. The third-order valence-electron chi connectivity index (χ3n) is 3.60. The summed E-state index contributed by atoms with van der Waals surface area (Å²) in [5.41, 5.74) is 0.389. The average molecular weight is 311 g/mol. The number of nitrogens with one attached hydrogen (secondary N) is 1. The van der Waals surface area contributed by atoms with Crippen LogP contribution in [-0.2, 0) is 14.8 Å². The second kappa shape index (κ2) is 7.15. The van der Waals surface area contributed by atoms with E-state index in [0.29, 0.717) is 12.2 Å². The molecule has 0 radical (unpaired) electrons. The van der Waals surface area contributed by atoms with Crippen molar-refractivity contribution in [1.82, 2.24) is 4.72 Å². The summed E-state index contributed by atoms with van der Waals surface area (Å²) < 4.78 is 32.4. The Morgan fingerprint density at radius 3 is 2.71 bits per heavy atom. The van der Waals surface area contributed by atoms with Gasteiger partial charge in [-0.15, -0.1) is 0 Å². The third kappa shape index (κ3) is 4.62. The van der Waals surface area contributed by atoms with Crippen LogP contribution in [0.25, 0.3) is 0 Å². The Balaban J connectivity index is 1.88. The monoisotopic (exact) mass is 311 g/mol. The third-order valence-corrected chi connectivity index (χ3v) is 5.06. The zero-order valence-corrected chi connectivity index (χ0v) is 13.0. The molecule has 1 saturated carbocycles. The van der Waals surface area contributed by atoms with Gasteiger partial charge in [-0.3, -0.25) is 4.79 Å². The molecule has 1 aliphatic carbocycles. The molecule has 0 atom stereocenters. The molecule has 0 saturated heterocycles. The van der Waals surface area contributed by atoms with E-state index in [2.05, 4.69) is 4.72 Å². The number of Topliss-reactive ketones (excluding diaryl/α,β-unsaturated/α-hetero) is 1. The molecule has 1 N–H and O–H groups in total. The second-order valence-corrected chi connectivity index (χ2v) is 7.03. The maximum Gasteiger partial charge on any atom is 0.240 e. The van der Waals surface area contributed by atoms with Crippen LogP contribution in [0, 0.1) is 0 Å². The molecule has 0 aromatic heterocycles. The first-order valence-corrected chi connectivity index (χ1v) is 8.69. The van der Waals surface area contributed by atoms with Crippen LogP contribution in [0.15, 0.2) is 29.2 Å². The van der Waals surface area contributed by atoms with E-state index in [9.17, 15) is 13.2 Å². The molecule has 0 aliphatic heterocycles. The smallest absolute Gasteiger partial charge is 0.240 e. The van der Waals surface area contributed by atoms with Crippen LogP contribution in [0.3, 0.4) is 0 Å². The molecule has 0 bridgehead atoms. The number of sulfonamides is 1. The average Bonchev–Trinajstić information content (AvgIpc) is 2.97. The first kappa shape index (κ1) is 16.1. The van der Waals surface area contributed by atoms with Crippen molar-refractivity contribution >= 4 is 15.8 Å². The van der Waals surface area contributed by atoms with Gasteiger partial charge in [-0.2, -0.15) is 0 Å². The van der Waals surface area contributed by atoms with Crippen LogP contribution in [0.2, 0.25) is 0 Å². The summed E-state index contributed by atoms with van der Waals surface area (Å²) in [6.45, 7) is 2.02. The highest BCUT2D eigenvalue weighted by Crippen LogP contribution is 2.20. The van der Waals surface area contributed by atoms with Gasteiger partial charge in [-0.1, -0.05) is 25.0 Å². The summed E-state index contributed by atoms with van der Waals surface area (Å²) in [7, 11) is -3.59. The van der Waals surface area contributed by atoms with Crippen molar-refractivity contribution in [2.45, 2.75) is 43.6 Å². The Labute approximate surface area is 125 Å². The van der Waals surface area contributed by atoms with Gasteiger partial charge >= 0.3 is 0 Å². The summed E-state index contributed by atoms with van der Waals surface area (Å²) in [6, 6.07) is 6.04. The fourth-order valence-electron chi connectivity index (χ4n) is 2.42. The zero-order valence-electron chi connectivity index (χ0n) is 12.2.